The van der Waals surface area contributed by atoms with Crippen molar-refractivity contribution in [3.63, 3.8) is 0 Å². The van der Waals surface area contributed by atoms with E-state index in [4.69, 9.17) is 11.6 Å². The maximum absolute atomic E-state index is 12.9. The number of aromatic nitrogens is 2. The number of anilines is 1. The van der Waals surface area contributed by atoms with Gasteiger partial charge in [0.25, 0.3) is 10.0 Å². The van der Waals surface area contributed by atoms with E-state index in [0.717, 1.165) is 5.56 Å². The summed E-state index contributed by atoms with van der Waals surface area (Å²) < 4.78 is 53.2. The second-order valence-corrected chi connectivity index (χ2v) is 10.8. The van der Waals surface area contributed by atoms with Crippen molar-refractivity contribution in [2.75, 3.05) is 16.2 Å². The molecule has 10 heteroatoms. The van der Waals surface area contributed by atoms with Gasteiger partial charge in [-0.05, 0) is 44.9 Å². The third-order valence-corrected chi connectivity index (χ3v) is 8.30. The average molecular weight is 418 g/mol. The van der Waals surface area contributed by atoms with Gasteiger partial charge in [-0.15, -0.1) is 0 Å². The summed E-state index contributed by atoms with van der Waals surface area (Å²) in [5, 5.41) is 4.77. The van der Waals surface area contributed by atoms with E-state index in [9.17, 15) is 16.8 Å². The number of hydrogen-bond acceptors (Lipinski definition) is 5. The van der Waals surface area contributed by atoms with Crippen molar-refractivity contribution in [2.24, 2.45) is 0 Å². The molecule has 0 aliphatic carbocycles. The molecule has 1 aliphatic rings. The van der Waals surface area contributed by atoms with Crippen LogP contribution in [0.3, 0.4) is 0 Å². The summed E-state index contributed by atoms with van der Waals surface area (Å²) in [6.07, 6.45) is 0.435. The van der Waals surface area contributed by atoms with E-state index in [0.29, 0.717) is 28.5 Å². The van der Waals surface area contributed by atoms with Crippen LogP contribution in [0.5, 0.6) is 0 Å². The molecule has 3 rings (SSSR count). The Kier molecular flexibility index (Phi) is 4.83. The van der Waals surface area contributed by atoms with Gasteiger partial charge in [0.05, 0.1) is 34.6 Å². The Morgan fingerprint density at radius 1 is 1.27 bits per heavy atom. The van der Waals surface area contributed by atoms with Crippen molar-refractivity contribution in [3.05, 3.63) is 40.2 Å². The van der Waals surface area contributed by atoms with E-state index in [1.54, 1.807) is 32.0 Å². The molecule has 0 unspecified atom stereocenters. The van der Waals surface area contributed by atoms with Crippen LogP contribution in [0.25, 0.3) is 0 Å². The first-order valence-corrected chi connectivity index (χ1v) is 11.7. The standard InChI is InChI=1S/C16H20ClN3O4S2/c1-10-4-5-13(8-15(10)17)19-26(23,24)16-11(2)18-20(12(16)3)14-6-7-25(21,22)9-14/h4-5,8,14,19H,6-7,9H2,1-3H3/t14-/m0/s1. The molecule has 0 radical (unpaired) electrons. The molecule has 0 spiro atoms. The Bertz CT molecular complexity index is 1080. The summed E-state index contributed by atoms with van der Waals surface area (Å²) >= 11 is 6.06. The number of aryl methyl sites for hydroxylation is 2. The minimum absolute atomic E-state index is 0.0184. The van der Waals surface area contributed by atoms with Gasteiger partial charge in [0, 0.05) is 5.02 Å². The fourth-order valence-corrected chi connectivity index (χ4v) is 6.55. The molecule has 7 nitrogen and oxygen atoms in total. The lowest BCUT2D eigenvalue weighted by Crippen LogP contribution is -2.17. The highest BCUT2D eigenvalue weighted by molar-refractivity contribution is 7.92. The smallest absolute Gasteiger partial charge is 0.265 e. The number of sulfone groups is 1. The minimum atomic E-state index is -3.88. The van der Waals surface area contributed by atoms with E-state index in [1.807, 2.05) is 6.92 Å². The van der Waals surface area contributed by atoms with Crippen LogP contribution in [-0.4, -0.2) is 38.1 Å². The predicted molar refractivity (Wildman–Crippen MR) is 101 cm³/mol. The van der Waals surface area contributed by atoms with Crippen molar-refractivity contribution in [1.82, 2.24) is 9.78 Å². The second-order valence-electron chi connectivity index (χ2n) is 6.57. The zero-order chi connectivity index (χ0) is 19.3. The third kappa shape index (κ3) is 3.60. The van der Waals surface area contributed by atoms with Crippen LogP contribution < -0.4 is 4.72 Å². The fraction of sp³-hybridized carbons (Fsp3) is 0.438. The molecule has 2 heterocycles. The molecule has 1 saturated heterocycles. The maximum atomic E-state index is 12.9. The van der Waals surface area contributed by atoms with E-state index >= 15 is 0 Å². The molecule has 142 valence electrons. The van der Waals surface area contributed by atoms with Crippen LogP contribution in [0, 0.1) is 20.8 Å². The molecule has 1 atom stereocenters. The van der Waals surface area contributed by atoms with Crippen LogP contribution >= 0.6 is 11.6 Å². The molecular formula is C16H20ClN3O4S2. The molecule has 0 bridgehead atoms. The Morgan fingerprint density at radius 2 is 1.96 bits per heavy atom. The SMILES string of the molecule is Cc1ccc(NS(=O)(=O)c2c(C)nn([C@H]3CCS(=O)(=O)C3)c2C)cc1Cl. The van der Waals surface area contributed by atoms with Gasteiger partial charge < -0.3 is 0 Å². The normalized spacial score (nSPS) is 19.6. The largest absolute Gasteiger partial charge is 0.279 e. The second kappa shape index (κ2) is 6.54. The highest BCUT2D eigenvalue weighted by Crippen LogP contribution is 2.30. The number of sulfonamides is 1. The summed E-state index contributed by atoms with van der Waals surface area (Å²) in [5.74, 6) is 0.0770. The number of rotatable bonds is 4. The lowest BCUT2D eigenvalue weighted by molar-refractivity contribution is 0.484. The lowest BCUT2D eigenvalue weighted by Gasteiger charge is -2.12. The van der Waals surface area contributed by atoms with Gasteiger partial charge in [0.15, 0.2) is 9.84 Å². The molecule has 2 aromatic rings. The van der Waals surface area contributed by atoms with E-state index < -0.39 is 19.9 Å². The van der Waals surface area contributed by atoms with Gasteiger partial charge >= 0.3 is 0 Å². The Labute approximate surface area is 158 Å². The molecule has 0 saturated carbocycles. The minimum Gasteiger partial charge on any atom is -0.279 e. The topological polar surface area (TPSA) is 98.1 Å². The van der Waals surface area contributed by atoms with Crippen LogP contribution in [0.15, 0.2) is 23.1 Å². The molecule has 1 aromatic carbocycles. The molecule has 1 aliphatic heterocycles. The summed E-state index contributed by atoms with van der Waals surface area (Å²) in [5.41, 5.74) is 1.96. The molecule has 1 fully saturated rings. The highest BCUT2D eigenvalue weighted by Gasteiger charge is 2.33. The molecule has 1 N–H and O–H groups in total. The zero-order valence-corrected chi connectivity index (χ0v) is 17.0. The van der Waals surface area contributed by atoms with Gasteiger partial charge in [0.2, 0.25) is 0 Å². The van der Waals surface area contributed by atoms with Crippen LogP contribution in [0.4, 0.5) is 5.69 Å². The Morgan fingerprint density at radius 3 is 2.54 bits per heavy atom. The van der Waals surface area contributed by atoms with Crippen molar-refractivity contribution in [1.29, 1.82) is 0 Å². The first-order valence-electron chi connectivity index (χ1n) is 8.05. The summed E-state index contributed by atoms with van der Waals surface area (Å²) in [6.45, 7) is 5.07. The summed E-state index contributed by atoms with van der Waals surface area (Å²) in [7, 11) is -6.98. The number of nitrogens with zero attached hydrogens (tertiary/aromatic N) is 2. The number of benzene rings is 1. The number of halogens is 1. The van der Waals surface area contributed by atoms with E-state index in [-0.39, 0.29) is 22.4 Å². The van der Waals surface area contributed by atoms with Crippen LogP contribution in [0.2, 0.25) is 5.02 Å². The van der Waals surface area contributed by atoms with Crippen LogP contribution in [-0.2, 0) is 19.9 Å². The number of nitrogens with one attached hydrogen (secondary N) is 1. The van der Waals surface area contributed by atoms with Gasteiger partial charge in [0.1, 0.15) is 4.90 Å². The fourth-order valence-electron chi connectivity index (χ4n) is 3.22. The van der Waals surface area contributed by atoms with Gasteiger partial charge in [-0.1, -0.05) is 17.7 Å². The van der Waals surface area contributed by atoms with E-state index in [2.05, 4.69) is 9.82 Å². The quantitative estimate of drug-likeness (QED) is 0.824. The van der Waals surface area contributed by atoms with E-state index in [1.165, 1.54) is 4.68 Å². The molecule has 26 heavy (non-hydrogen) atoms. The van der Waals surface area contributed by atoms with Crippen molar-refractivity contribution >= 4 is 37.1 Å². The predicted octanol–water partition coefficient (Wildman–Crippen LogP) is 2.62. The third-order valence-electron chi connectivity index (χ3n) is 4.51. The summed E-state index contributed by atoms with van der Waals surface area (Å²) in [6, 6.07) is 4.58. The lowest BCUT2D eigenvalue weighted by atomic mass is 10.2. The first kappa shape index (κ1) is 19.2. The average Bonchev–Trinajstić information content (AvgIpc) is 3.02. The van der Waals surface area contributed by atoms with Gasteiger partial charge in [-0.2, -0.15) is 5.10 Å². The Hall–Kier alpha value is -1.58. The maximum Gasteiger partial charge on any atom is 0.265 e. The van der Waals surface area contributed by atoms with Crippen LogP contribution in [0.1, 0.15) is 29.4 Å². The molecule has 1 aromatic heterocycles. The molecule has 0 amide bonds. The van der Waals surface area contributed by atoms with Crippen molar-refractivity contribution < 1.29 is 16.8 Å². The summed E-state index contributed by atoms with van der Waals surface area (Å²) in [4.78, 5) is 0.0681. The van der Waals surface area contributed by atoms with Crippen molar-refractivity contribution in [3.8, 4) is 0 Å². The van der Waals surface area contributed by atoms with Gasteiger partial charge in [-0.25, -0.2) is 16.8 Å². The number of hydrogen-bond donors (Lipinski definition) is 1. The highest BCUT2D eigenvalue weighted by atomic mass is 35.5. The zero-order valence-electron chi connectivity index (χ0n) is 14.7. The Balaban J connectivity index is 1.96. The first-order chi connectivity index (χ1) is 12.0. The van der Waals surface area contributed by atoms with Gasteiger partial charge in [-0.3, -0.25) is 9.40 Å². The monoisotopic (exact) mass is 417 g/mol. The molecular weight excluding hydrogens is 398 g/mol. The van der Waals surface area contributed by atoms with Crippen molar-refractivity contribution in [2.45, 2.75) is 38.1 Å².